The van der Waals surface area contributed by atoms with Gasteiger partial charge < -0.3 is 15.5 Å². The number of hydrogen-bond acceptors (Lipinski definition) is 4. The first-order valence-corrected chi connectivity index (χ1v) is 8.07. The van der Waals surface area contributed by atoms with Crippen LogP contribution in [-0.2, 0) is 16.1 Å². The third-order valence-electron chi connectivity index (χ3n) is 2.90. The first-order valence-electron chi connectivity index (χ1n) is 6.91. The van der Waals surface area contributed by atoms with Crippen molar-refractivity contribution in [2.24, 2.45) is 5.73 Å². The fraction of sp³-hybridized carbons (Fsp3) is 0.467. The molecule has 0 radical (unpaired) electrons. The topological polar surface area (TPSA) is 66.6 Å². The van der Waals surface area contributed by atoms with Gasteiger partial charge in [0.25, 0.3) is 0 Å². The van der Waals surface area contributed by atoms with Gasteiger partial charge in [0.15, 0.2) is 0 Å². The molecule has 22 heavy (non-hydrogen) atoms. The Kier molecular flexibility index (Phi) is 7.90. The molecule has 0 saturated carbocycles. The number of rotatable bonds is 9. The summed E-state index contributed by atoms with van der Waals surface area (Å²) in [5, 5.41) is 0. The van der Waals surface area contributed by atoms with Crippen LogP contribution < -0.4 is 5.73 Å². The highest BCUT2D eigenvalue weighted by Crippen LogP contribution is 2.10. The zero-order valence-corrected chi connectivity index (χ0v) is 13.7. The maximum absolute atomic E-state index is 13.3. The molecular formula is C15H22FN3O2S. The molecule has 0 aliphatic rings. The minimum atomic E-state index is -0.442. The zero-order chi connectivity index (χ0) is 16.5. The number of nitrogens with zero attached hydrogens (tertiary/aromatic N) is 2. The van der Waals surface area contributed by atoms with Crippen LogP contribution in [0.5, 0.6) is 0 Å². The van der Waals surface area contributed by atoms with E-state index in [2.05, 4.69) is 0 Å². The standard InChI is InChI=1S/C15H22FN3O2S/c1-18(2)6-7-19(15(21)11-22-10-14(17)20)9-12-4-3-5-13(16)8-12/h3-5,8H,6-7,9-11H2,1-2H3,(H2,17,20). The fourth-order valence-electron chi connectivity index (χ4n) is 1.80. The van der Waals surface area contributed by atoms with Gasteiger partial charge in [0.2, 0.25) is 11.8 Å². The maximum Gasteiger partial charge on any atom is 0.232 e. The highest BCUT2D eigenvalue weighted by atomic mass is 32.2. The highest BCUT2D eigenvalue weighted by molar-refractivity contribution is 8.00. The predicted octanol–water partition coefficient (Wildman–Crippen LogP) is 0.934. The molecule has 0 aliphatic heterocycles. The Hall–Kier alpha value is -1.60. The summed E-state index contributed by atoms with van der Waals surface area (Å²) in [5.41, 5.74) is 5.80. The molecule has 122 valence electrons. The minimum Gasteiger partial charge on any atom is -0.369 e. The number of likely N-dealkylation sites (N-methyl/N-ethyl adjacent to an activating group) is 1. The molecule has 0 bridgehead atoms. The van der Waals surface area contributed by atoms with E-state index in [9.17, 15) is 14.0 Å². The lowest BCUT2D eigenvalue weighted by Crippen LogP contribution is -2.37. The number of thioether (sulfide) groups is 1. The third kappa shape index (κ3) is 7.42. The van der Waals surface area contributed by atoms with E-state index >= 15 is 0 Å². The number of carbonyl (C=O) groups excluding carboxylic acids is 2. The molecule has 0 atom stereocenters. The van der Waals surface area contributed by atoms with Gasteiger partial charge in [-0.1, -0.05) is 12.1 Å². The lowest BCUT2D eigenvalue weighted by atomic mass is 10.2. The molecule has 1 aromatic rings. The number of carbonyl (C=O) groups is 2. The van der Waals surface area contributed by atoms with E-state index in [1.807, 2.05) is 19.0 Å². The Balaban J connectivity index is 2.65. The molecule has 1 aromatic carbocycles. The van der Waals surface area contributed by atoms with E-state index in [-0.39, 0.29) is 23.2 Å². The van der Waals surface area contributed by atoms with E-state index in [1.54, 1.807) is 17.0 Å². The number of halogens is 1. The quantitative estimate of drug-likeness (QED) is 0.733. The summed E-state index contributed by atoms with van der Waals surface area (Å²) in [5.74, 6) is -0.542. The van der Waals surface area contributed by atoms with Gasteiger partial charge in [0, 0.05) is 19.6 Å². The van der Waals surface area contributed by atoms with E-state index in [0.717, 1.165) is 5.56 Å². The second kappa shape index (κ2) is 9.42. The monoisotopic (exact) mass is 327 g/mol. The largest absolute Gasteiger partial charge is 0.369 e. The molecule has 2 N–H and O–H groups in total. The van der Waals surface area contributed by atoms with Crippen molar-refractivity contribution in [1.82, 2.24) is 9.80 Å². The smallest absolute Gasteiger partial charge is 0.232 e. The number of benzene rings is 1. The minimum absolute atomic E-state index is 0.0858. The van der Waals surface area contributed by atoms with Crippen LogP contribution in [0.4, 0.5) is 4.39 Å². The van der Waals surface area contributed by atoms with Crippen LogP contribution in [0.3, 0.4) is 0 Å². The highest BCUT2D eigenvalue weighted by Gasteiger charge is 2.15. The van der Waals surface area contributed by atoms with Crippen LogP contribution in [0.15, 0.2) is 24.3 Å². The van der Waals surface area contributed by atoms with Crippen molar-refractivity contribution in [3.8, 4) is 0 Å². The summed E-state index contributed by atoms with van der Waals surface area (Å²) in [6.07, 6.45) is 0. The SMILES string of the molecule is CN(C)CCN(Cc1cccc(F)c1)C(=O)CSCC(N)=O. The average Bonchev–Trinajstić information content (AvgIpc) is 2.42. The van der Waals surface area contributed by atoms with Gasteiger partial charge in [-0.15, -0.1) is 11.8 Å². The first-order chi connectivity index (χ1) is 10.4. The average molecular weight is 327 g/mol. The first kappa shape index (κ1) is 18.4. The second-order valence-electron chi connectivity index (χ2n) is 5.21. The van der Waals surface area contributed by atoms with Gasteiger partial charge in [0.1, 0.15) is 5.82 Å². The number of primary amides is 1. The Morgan fingerprint density at radius 3 is 2.55 bits per heavy atom. The zero-order valence-electron chi connectivity index (χ0n) is 12.9. The van der Waals surface area contributed by atoms with Crippen LogP contribution in [0.25, 0.3) is 0 Å². The lowest BCUT2D eigenvalue weighted by molar-refractivity contribution is -0.129. The van der Waals surface area contributed by atoms with Crippen molar-refractivity contribution in [2.75, 3.05) is 38.7 Å². The van der Waals surface area contributed by atoms with Crippen molar-refractivity contribution in [2.45, 2.75) is 6.54 Å². The number of hydrogen-bond donors (Lipinski definition) is 1. The molecule has 0 spiro atoms. The van der Waals surface area contributed by atoms with E-state index < -0.39 is 5.91 Å². The van der Waals surface area contributed by atoms with Gasteiger partial charge in [-0.2, -0.15) is 0 Å². The maximum atomic E-state index is 13.3. The van der Waals surface area contributed by atoms with Crippen LogP contribution in [-0.4, -0.2) is 60.3 Å². The fourth-order valence-corrected chi connectivity index (χ4v) is 2.46. The molecule has 0 saturated heterocycles. The summed E-state index contributed by atoms with van der Waals surface area (Å²) in [6.45, 7) is 1.60. The molecule has 7 heteroatoms. The van der Waals surface area contributed by atoms with E-state index in [1.165, 1.54) is 23.9 Å². The van der Waals surface area contributed by atoms with Crippen molar-refractivity contribution < 1.29 is 14.0 Å². The van der Waals surface area contributed by atoms with Crippen LogP contribution in [0.1, 0.15) is 5.56 Å². The second-order valence-corrected chi connectivity index (χ2v) is 6.19. The van der Waals surface area contributed by atoms with Crippen molar-refractivity contribution in [3.05, 3.63) is 35.6 Å². The lowest BCUT2D eigenvalue weighted by Gasteiger charge is -2.24. The third-order valence-corrected chi connectivity index (χ3v) is 3.84. The summed E-state index contributed by atoms with van der Waals surface area (Å²) in [4.78, 5) is 26.6. The van der Waals surface area contributed by atoms with E-state index in [0.29, 0.717) is 19.6 Å². The normalized spacial score (nSPS) is 10.7. The molecule has 0 fully saturated rings. The van der Waals surface area contributed by atoms with Crippen molar-refractivity contribution >= 4 is 23.6 Å². The summed E-state index contributed by atoms with van der Waals surface area (Å²) < 4.78 is 13.3. The molecule has 1 rings (SSSR count). The van der Waals surface area contributed by atoms with Gasteiger partial charge in [-0.05, 0) is 31.8 Å². The molecule has 0 heterocycles. The number of amides is 2. The van der Waals surface area contributed by atoms with Gasteiger partial charge in [-0.3, -0.25) is 9.59 Å². The van der Waals surface area contributed by atoms with Crippen LogP contribution in [0, 0.1) is 5.82 Å². The molecule has 0 aromatic heterocycles. The Bertz CT molecular complexity index is 511. The summed E-state index contributed by atoms with van der Waals surface area (Å²) in [6, 6.07) is 6.21. The number of nitrogens with two attached hydrogens (primary N) is 1. The van der Waals surface area contributed by atoms with E-state index in [4.69, 9.17) is 5.73 Å². The molecule has 0 unspecified atom stereocenters. The van der Waals surface area contributed by atoms with Gasteiger partial charge >= 0.3 is 0 Å². The van der Waals surface area contributed by atoms with Crippen molar-refractivity contribution in [3.63, 3.8) is 0 Å². The predicted molar refractivity (Wildman–Crippen MR) is 86.9 cm³/mol. The summed E-state index contributed by atoms with van der Waals surface area (Å²) >= 11 is 1.19. The molecule has 5 nitrogen and oxygen atoms in total. The molecule has 2 amide bonds. The summed E-state index contributed by atoms with van der Waals surface area (Å²) in [7, 11) is 3.85. The van der Waals surface area contributed by atoms with Gasteiger partial charge in [-0.25, -0.2) is 4.39 Å². The molecule has 0 aliphatic carbocycles. The molecular weight excluding hydrogens is 305 g/mol. The Morgan fingerprint density at radius 2 is 1.95 bits per heavy atom. The Morgan fingerprint density at radius 1 is 1.23 bits per heavy atom. The van der Waals surface area contributed by atoms with Gasteiger partial charge in [0.05, 0.1) is 11.5 Å². The Labute approximate surface area is 134 Å². The van der Waals surface area contributed by atoms with Crippen LogP contribution in [0.2, 0.25) is 0 Å². The van der Waals surface area contributed by atoms with Crippen molar-refractivity contribution in [1.29, 1.82) is 0 Å². The van der Waals surface area contributed by atoms with Crippen LogP contribution >= 0.6 is 11.8 Å².